The van der Waals surface area contributed by atoms with Crippen LogP contribution in [0.3, 0.4) is 0 Å². The molecule has 1 aliphatic rings. The molecule has 0 aromatic carbocycles. The molecule has 6 heteroatoms. The number of carbonyl (C=O) groups excluding carboxylic acids is 1. The number of nitrogens with one attached hydrogen (secondary N) is 1. The SMILES string of the molecule is CCOC(=O)Cc1cn2cc(N3CCNCC3)ccc2n1. The Kier molecular flexibility index (Phi) is 4.06. The summed E-state index contributed by atoms with van der Waals surface area (Å²) >= 11 is 0. The first kappa shape index (κ1) is 13.9. The van der Waals surface area contributed by atoms with Gasteiger partial charge in [-0.25, -0.2) is 4.98 Å². The van der Waals surface area contributed by atoms with Crippen molar-refractivity contribution in [1.29, 1.82) is 0 Å². The van der Waals surface area contributed by atoms with Crippen molar-refractivity contribution in [1.82, 2.24) is 14.7 Å². The van der Waals surface area contributed by atoms with Crippen LogP contribution < -0.4 is 10.2 Å². The molecule has 1 aliphatic heterocycles. The molecule has 0 aliphatic carbocycles. The molecule has 0 bridgehead atoms. The van der Waals surface area contributed by atoms with Crippen LogP contribution in [0.2, 0.25) is 0 Å². The topological polar surface area (TPSA) is 58.9 Å². The summed E-state index contributed by atoms with van der Waals surface area (Å²) in [6.07, 6.45) is 4.19. The molecule has 0 saturated carbocycles. The first-order valence-corrected chi connectivity index (χ1v) is 7.35. The summed E-state index contributed by atoms with van der Waals surface area (Å²) < 4.78 is 6.94. The number of rotatable bonds is 4. The molecule has 21 heavy (non-hydrogen) atoms. The van der Waals surface area contributed by atoms with Crippen LogP contribution in [0.5, 0.6) is 0 Å². The average molecular weight is 288 g/mol. The second-order valence-electron chi connectivity index (χ2n) is 5.10. The van der Waals surface area contributed by atoms with Crippen LogP contribution >= 0.6 is 0 Å². The van der Waals surface area contributed by atoms with Gasteiger partial charge in [-0.15, -0.1) is 0 Å². The molecule has 0 spiro atoms. The first-order valence-electron chi connectivity index (χ1n) is 7.35. The maximum absolute atomic E-state index is 11.5. The smallest absolute Gasteiger partial charge is 0.311 e. The molecule has 0 atom stereocenters. The third-order valence-electron chi connectivity index (χ3n) is 3.60. The van der Waals surface area contributed by atoms with Crippen LogP contribution in [-0.4, -0.2) is 48.1 Å². The van der Waals surface area contributed by atoms with Gasteiger partial charge in [-0.05, 0) is 19.1 Å². The summed E-state index contributed by atoms with van der Waals surface area (Å²) in [5, 5.41) is 3.35. The highest BCUT2D eigenvalue weighted by atomic mass is 16.5. The van der Waals surface area contributed by atoms with Gasteiger partial charge in [0.15, 0.2) is 0 Å². The number of esters is 1. The molecule has 112 valence electrons. The van der Waals surface area contributed by atoms with Gasteiger partial charge < -0.3 is 19.4 Å². The van der Waals surface area contributed by atoms with E-state index in [0.717, 1.165) is 37.5 Å². The zero-order valence-electron chi connectivity index (χ0n) is 12.2. The molecule has 2 aromatic rings. The molecule has 3 heterocycles. The van der Waals surface area contributed by atoms with Gasteiger partial charge in [-0.3, -0.25) is 4.79 Å². The third kappa shape index (κ3) is 3.16. The quantitative estimate of drug-likeness (QED) is 0.845. The van der Waals surface area contributed by atoms with Crippen molar-refractivity contribution in [2.24, 2.45) is 0 Å². The summed E-state index contributed by atoms with van der Waals surface area (Å²) in [6, 6.07) is 4.08. The van der Waals surface area contributed by atoms with E-state index in [4.69, 9.17) is 4.74 Å². The molecule has 1 fully saturated rings. The zero-order valence-corrected chi connectivity index (χ0v) is 12.2. The van der Waals surface area contributed by atoms with Gasteiger partial charge in [0.05, 0.1) is 24.4 Å². The molecule has 0 unspecified atom stereocenters. The largest absolute Gasteiger partial charge is 0.466 e. The van der Waals surface area contributed by atoms with Crippen molar-refractivity contribution < 1.29 is 9.53 Å². The van der Waals surface area contributed by atoms with Crippen molar-refractivity contribution in [2.45, 2.75) is 13.3 Å². The average Bonchev–Trinajstić information content (AvgIpc) is 2.89. The number of imidazole rings is 1. The number of hydrogen-bond donors (Lipinski definition) is 1. The minimum atomic E-state index is -0.233. The van der Waals surface area contributed by atoms with Gasteiger partial charge in [-0.2, -0.15) is 0 Å². The second-order valence-corrected chi connectivity index (χ2v) is 5.10. The Bertz CT molecular complexity index is 632. The van der Waals surface area contributed by atoms with E-state index in [2.05, 4.69) is 27.5 Å². The number of hydrogen-bond acceptors (Lipinski definition) is 5. The van der Waals surface area contributed by atoms with Gasteiger partial charge in [0.25, 0.3) is 0 Å². The molecule has 0 amide bonds. The number of nitrogens with zero attached hydrogens (tertiary/aromatic N) is 3. The van der Waals surface area contributed by atoms with E-state index >= 15 is 0 Å². The Labute approximate surface area is 123 Å². The summed E-state index contributed by atoms with van der Waals surface area (Å²) in [5.41, 5.74) is 2.78. The highest BCUT2D eigenvalue weighted by Crippen LogP contribution is 2.17. The van der Waals surface area contributed by atoms with Crippen LogP contribution in [-0.2, 0) is 16.0 Å². The lowest BCUT2D eigenvalue weighted by molar-refractivity contribution is -0.142. The van der Waals surface area contributed by atoms with Crippen LogP contribution in [0.25, 0.3) is 5.65 Å². The maximum atomic E-state index is 11.5. The lowest BCUT2D eigenvalue weighted by atomic mass is 10.3. The molecular weight excluding hydrogens is 268 g/mol. The Balaban J connectivity index is 1.79. The van der Waals surface area contributed by atoms with E-state index in [9.17, 15) is 4.79 Å². The Morgan fingerprint density at radius 3 is 2.90 bits per heavy atom. The lowest BCUT2D eigenvalue weighted by Gasteiger charge is -2.29. The monoisotopic (exact) mass is 288 g/mol. The van der Waals surface area contributed by atoms with E-state index in [0.29, 0.717) is 6.61 Å². The number of carbonyl (C=O) groups is 1. The van der Waals surface area contributed by atoms with Crippen molar-refractivity contribution in [3.8, 4) is 0 Å². The highest BCUT2D eigenvalue weighted by molar-refractivity contribution is 5.72. The Hall–Kier alpha value is -2.08. The second kappa shape index (κ2) is 6.13. The number of aromatic nitrogens is 2. The number of anilines is 1. The van der Waals surface area contributed by atoms with Gasteiger partial charge in [-0.1, -0.05) is 0 Å². The lowest BCUT2D eigenvalue weighted by Crippen LogP contribution is -2.43. The summed E-state index contributed by atoms with van der Waals surface area (Å²) in [5.74, 6) is -0.233. The Morgan fingerprint density at radius 2 is 2.14 bits per heavy atom. The zero-order chi connectivity index (χ0) is 14.7. The van der Waals surface area contributed by atoms with Gasteiger partial charge >= 0.3 is 5.97 Å². The van der Waals surface area contributed by atoms with Crippen molar-refractivity contribution >= 4 is 17.3 Å². The molecule has 6 nitrogen and oxygen atoms in total. The molecule has 2 aromatic heterocycles. The predicted molar refractivity (Wildman–Crippen MR) is 80.6 cm³/mol. The molecule has 0 radical (unpaired) electrons. The van der Waals surface area contributed by atoms with Crippen LogP contribution in [0.1, 0.15) is 12.6 Å². The normalized spacial score (nSPS) is 15.4. The first-order chi connectivity index (χ1) is 10.3. The van der Waals surface area contributed by atoms with Gasteiger partial charge in [0, 0.05) is 38.6 Å². The van der Waals surface area contributed by atoms with Crippen LogP contribution in [0.15, 0.2) is 24.5 Å². The highest BCUT2D eigenvalue weighted by Gasteiger charge is 2.12. The summed E-state index contributed by atoms with van der Waals surface area (Å²) in [4.78, 5) is 18.3. The van der Waals surface area contributed by atoms with Crippen molar-refractivity contribution in [3.05, 3.63) is 30.2 Å². The fraction of sp³-hybridized carbons (Fsp3) is 0.467. The molecular formula is C15H20N4O2. The number of ether oxygens (including phenoxy) is 1. The van der Waals surface area contributed by atoms with Crippen molar-refractivity contribution in [2.75, 3.05) is 37.7 Å². The van der Waals surface area contributed by atoms with E-state index in [1.807, 2.05) is 16.7 Å². The van der Waals surface area contributed by atoms with E-state index in [1.165, 1.54) is 5.69 Å². The van der Waals surface area contributed by atoms with Gasteiger partial charge in [0.2, 0.25) is 0 Å². The third-order valence-corrected chi connectivity index (χ3v) is 3.60. The molecule has 3 rings (SSSR count). The fourth-order valence-electron chi connectivity index (χ4n) is 2.59. The number of pyridine rings is 1. The minimum Gasteiger partial charge on any atom is -0.466 e. The van der Waals surface area contributed by atoms with Crippen LogP contribution in [0.4, 0.5) is 5.69 Å². The predicted octanol–water partition coefficient (Wildman–Crippen LogP) is 0.849. The summed E-state index contributed by atoms with van der Waals surface area (Å²) in [6.45, 7) is 6.25. The number of piperazine rings is 1. The van der Waals surface area contributed by atoms with E-state index in [-0.39, 0.29) is 12.4 Å². The van der Waals surface area contributed by atoms with Gasteiger partial charge in [0.1, 0.15) is 5.65 Å². The van der Waals surface area contributed by atoms with Crippen LogP contribution in [0, 0.1) is 0 Å². The standard InChI is InChI=1S/C15H20N4O2/c1-2-21-15(20)9-12-10-19-11-13(3-4-14(19)17-12)18-7-5-16-6-8-18/h3-4,10-11,16H,2,5-9H2,1H3. The molecule has 1 N–H and O–H groups in total. The van der Waals surface area contributed by atoms with Crippen molar-refractivity contribution in [3.63, 3.8) is 0 Å². The number of fused-ring (bicyclic) bond motifs is 1. The minimum absolute atomic E-state index is 0.221. The van der Waals surface area contributed by atoms with E-state index in [1.54, 1.807) is 6.92 Å². The Morgan fingerprint density at radius 1 is 1.33 bits per heavy atom. The summed E-state index contributed by atoms with van der Waals surface area (Å²) in [7, 11) is 0. The maximum Gasteiger partial charge on any atom is 0.311 e. The van der Waals surface area contributed by atoms with E-state index < -0.39 is 0 Å². The molecule has 1 saturated heterocycles. The fourth-order valence-corrected chi connectivity index (χ4v) is 2.59.